The highest BCUT2D eigenvalue weighted by Crippen LogP contribution is 2.34. The maximum atomic E-state index is 13.6. The van der Waals surface area contributed by atoms with Crippen LogP contribution in [0.1, 0.15) is 21.5 Å². The van der Waals surface area contributed by atoms with Crippen molar-refractivity contribution in [3.05, 3.63) is 83.8 Å². The van der Waals surface area contributed by atoms with Crippen molar-refractivity contribution < 1.29 is 23.1 Å². The SMILES string of the molecule is N#Cc1cc(-c2ccccc2O)ccc1C(=O)Nc1cnc(-n2nccn2)c(C(F)(F)F)c1. The van der Waals surface area contributed by atoms with Gasteiger partial charge in [-0.3, -0.25) is 4.79 Å². The molecule has 0 saturated carbocycles. The lowest BCUT2D eigenvalue weighted by atomic mass is 9.98. The first-order chi connectivity index (χ1) is 15.8. The molecule has 0 fully saturated rings. The van der Waals surface area contributed by atoms with Crippen LogP contribution in [-0.2, 0) is 6.18 Å². The molecule has 4 rings (SSSR count). The summed E-state index contributed by atoms with van der Waals surface area (Å²) in [6.07, 6.45) is -1.33. The summed E-state index contributed by atoms with van der Waals surface area (Å²) in [6.45, 7) is 0. The van der Waals surface area contributed by atoms with Crippen molar-refractivity contribution in [2.24, 2.45) is 0 Å². The molecule has 0 unspecified atom stereocenters. The minimum absolute atomic E-state index is 0.00360. The van der Waals surface area contributed by atoms with Gasteiger partial charge in [-0.25, -0.2) is 4.98 Å². The van der Waals surface area contributed by atoms with Gasteiger partial charge in [0.05, 0.1) is 41.5 Å². The van der Waals surface area contributed by atoms with Crippen molar-refractivity contribution in [2.45, 2.75) is 6.18 Å². The number of carbonyl (C=O) groups excluding carboxylic acids is 1. The van der Waals surface area contributed by atoms with Gasteiger partial charge < -0.3 is 10.4 Å². The third kappa shape index (κ3) is 4.35. The number of pyridine rings is 1. The van der Waals surface area contributed by atoms with Gasteiger partial charge in [-0.05, 0) is 29.8 Å². The molecule has 33 heavy (non-hydrogen) atoms. The number of halogens is 3. The Hall–Kier alpha value is -4.72. The summed E-state index contributed by atoms with van der Waals surface area (Å²) in [5, 5.41) is 29.2. The Kier molecular flexibility index (Phi) is 5.49. The molecule has 2 heterocycles. The maximum Gasteiger partial charge on any atom is 0.420 e. The second kappa shape index (κ2) is 8.43. The molecule has 0 aliphatic heterocycles. The molecule has 8 nitrogen and oxygen atoms in total. The second-order valence-electron chi connectivity index (χ2n) is 6.75. The largest absolute Gasteiger partial charge is 0.507 e. The summed E-state index contributed by atoms with van der Waals surface area (Å²) in [7, 11) is 0. The molecular formula is C22H13F3N6O2. The fraction of sp³-hybridized carbons (Fsp3) is 0.0455. The Morgan fingerprint density at radius 2 is 1.82 bits per heavy atom. The number of hydrogen-bond acceptors (Lipinski definition) is 6. The van der Waals surface area contributed by atoms with Gasteiger partial charge in [0.1, 0.15) is 11.3 Å². The molecule has 164 valence electrons. The predicted octanol–water partition coefficient (Wildman–Crippen LogP) is 4.18. The average Bonchev–Trinajstić information content (AvgIpc) is 3.33. The molecular weight excluding hydrogens is 437 g/mol. The van der Waals surface area contributed by atoms with E-state index in [9.17, 15) is 28.3 Å². The number of phenols is 1. The lowest BCUT2D eigenvalue weighted by molar-refractivity contribution is -0.137. The standard InChI is InChI=1S/C22H13F3N6O2/c23-22(24,25)18-10-15(12-27-20(18)31-28-7-8-29-31)30-21(33)17-6-5-13(9-14(17)11-26)16-3-1-2-4-19(16)32/h1-10,12,32H,(H,30,33). The third-order valence-electron chi connectivity index (χ3n) is 4.64. The zero-order valence-electron chi connectivity index (χ0n) is 16.6. The van der Waals surface area contributed by atoms with Gasteiger partial charge >= 0.3 is 6.18 Å². The van der Waals surface area contributed by atoms with E-state index in [1.165, 1.54) is 36.7 Å². The molecule has 2 aromatic heterocycles. The summed E-state index contributed by atoms with van der Waals surface area (Å²) in [4.78, 5) is 17.2. The van der Waals surface area contributed by atoms with Crippen LogP contribution in [0, 0.1) is 11.3 Å². The highest BCUT2D eigenvalue weighted by Gasteiger charge is 2.36. The molecule has 4 aromatic rings. The summed E-state index contributed by atoms with van der Waals surface area (Å²) in [5.41, 5.74) is -0.484. The minimum atomic E-state index is -4.78. The number of para-hydroxylation sites is 1. The van der Waals surface area contributed by atoms with Gasteiger partial charge in [-0.2, -0.15) is 28.6 Å². The number of phenolic OH excluding ortho intramolecular Hbond substituents is 1. The molecule has 0 aliphatic rings. The molecule has 0 aliphatic carbocycles. The van der Waals surface area contributed by atoms with Crippen molar-refractivity contribution >= 4 is 11.6 Å². The number of hydrogen-bond donors (Lipinski definition) is 2. The number of benzene rings is 2. The van der Waals surface area contributed by atoms with E-state index in [2.05, 4.69) is 20.5 Å². The van der Waals surface area contributed by atoms with E-state index in [-0.39, 0.29) is 22.6 Å². The fourth-order valence-electron chi connectivity index (χ4n) is 3.14. The smallest absolute Gasteiger partial charge is 0.420 e. The van der Waals surface area contributed by atoms with Gasteiger partial charge in [0.15, 0.2) is 5.82 Å². The van der Waals surface area contributed by atoms with Crippen LogP contribution in [0.4, 0.5) is 18.9 Å². The number of nitrogens with zero attached hydrogens (tertiary/aromatic N) is 5. The molecule has 0 spiro atoms. The number of anilines is 1. The zero-order valence-corrected chi connectivity index (χ0v) is 16.6. The summed E-state index contributed by atoms with van der Waals surface area (Å²) >= 11 is 0. The van der Waals surface area contributed by atoms with E-state index in [0.717, 1.165) is 11.0 Å². The van der Waals surface area contributed by atoms with Crippen molar-refractivity contribution in [3.63, 3.8) is 0 Å². The van der Waals surface area contributed by atoms with Crippen LogP contribution in [0.15, 0.2) is 67.1 Å². The number of nitriles is 1. The Balaban J connectivity index is 1.66. The molecule has 0 bridgehead atoms. The van der Waals surface area contributed by atoms with Gasteiger partial charge in [0, 0.05) is 5.56 Å². The van der Waals surface area contributed by atoms with E-state index in [1.807, 2.05) is 6.07 Å². The van der Waals surface area contributed by atoms with E-state index < -0.39 is 23.5 Å². The lowest BCUT2D eigenvalue weighted by Crippen LogP contribution is -2.18. The van der Waals surface area contributed by atoms with E-state index in [1.54, 1.807) is 18.2 Å². The zero-order chi connectivity index (χ0) is 23.6. The van der Waals surface area contributed by atoms with Crippen molar-refractivity contribution in [2.75, 3.05) is 5.32 Å². The van der Waals surface area contributed by atoms with Crippen molar-refractivity contribution in [3.8, 4) is 28.8 Å². The number of rotatable bonds is 4. The minimum Gasteiger partial charge on any atom is -0.507 e. The fourth-order valence-corrected chi connectivity index (χ4v) is 3.14. The molecule has 2 aromatic carbocycles. The molecule has 0 atom stereocenters. The van der Waals surface area contributed by atoms with Crippen molar-refractivity contribution in [1.29, 1.82) is 5.26 Å². The van der Waals surface area contributed by atoms with Crippen LogP contribution in [-0.4, -0.2) is 31.0 Å². The molecule has 2 N–H and O–H groups in total. The summed E-state index contributed by atoms with van der Waals surface area (Å²) in [5.74, 6) is -1.35. The highest BCUT2D eigenvalue weighted by atomic mass is 19.4. The normalized spacial score (nSPS) is 11.1. The van der Waals surface area contributed by atoms with Crippen LogP contribution in [0.5, 0.6) is 5.75 Å². The third-order valence-corrected chi connectivity index (χ3v) is 4.64. The monoisotopic (exact) mass is 450 g/mol. The number of aromatic nitrogens is 4. The van der Waals surface area contributed by atoms with Gasteiger partial charge in [0.2, 0.25) is 0 Å². The number of nitrogens with one attached hydrogen (secondary N) is 1. The van der Waals surface area contributed by atoms with Crippen LogP contribution < -0.4 is 5.32 Å². The number of alkyl halides is 3. The first-order valence-electron chi connectivity index (χ1n) is 9.35. The average molecular weight is 450 g/mol. The van der Waals surface area contributed by atoms with Crippen molar-refractivity contribution in [1.82, 2.24) is 20.0 Å². The van der Waals surface area contributed by atoms with E-state index in [4.69, 9.17) is 0 Å². The molecule has 0 saturated heterocycles. The van der Waals surface area contributed by atoms with Crippen LogP contribution >= 0.6 is 0 Å². The highest BCUT2D eigenvalue weighted by molar-refractivity contribution is 6.06. The molecule has 1 amide bonds. The van der Waals surface area contributed by atoms with Gasteiger partial charge in [-0.1, -0.05) is 24.3 Å². The Labute approximate surface area is 184 Å². The Morgan fingerprint density at radius 3 is 2.48 bits per heavy atom. The first-order valence-corrected chi connectivity index (χ1v) is 9.35. The number of carbonyl (C=O) groups is 1. The van der Waals surface area contributed by atoms with Crippen LogP contribution in [0.2, 0.25) is 0 Å². The molecule has 11 heteroatoms. The predicted molar refractivity (Wildman–Crippen MR) is 110 cm³/mol. The summed E-state index contributed by atoms with van der Waals surface area (Å²) in [6, 6.07) is 13.4. The number of amides is 1. The maximum absolute atomic E-state index is 13.6. The van der Waals surface area contributed by atoms with Crippen LogP contribution in [0.25, 0.3) is 16.9 Å². The quantitative estimate of drug-likeness (QED) is 0.482. The lowest BCUT2D eigenvalue weighted by Gasteiger charge is -2.14. The van der Waals surface area contributed by atoms with E-state index >= 15 is 0 Å². The Bertz CT molecular complexity index is 1380. The summed E-state index contributed by atoms with van der Waals surface area (Å²) < 4.78 is 40.7. The first kappa shape index (κ1) is 21.5. The van der Waals surface area contributed by atoms with Gasteiger partial charge in [0.25, 0.3) is 5.91 Å². The molecule has 0 radical (unpaired) electrons. The second-order valence-corrected chi connectivity index (χ2v) is 6.75. The Morgan fingerprint density at radius 1 is 1.09 bits per heavy atom. The number of aromatic hydroxyl groups is 1. The van der Waals surface area contributed by atoms with E-state index in [0.29, 0.717) is 17.2 Å². The topological polar surface area (TPSA) is 117 Å². The van der Waals surface area contributed by atoms with Crippen LogP contribution in [0.3, 0.4) is 0 Å². The van der Waals surface area contributed by atoms with Gasteiger partial charge in [-0.15, -0.1) is 4.80 Å².